The highest BCUT2D eigenvalue weighted by Gasteiger charge is 2.34. The molecule has 1 amide bonds. The summed E-state index contributed by atoms with van der Waals surface area (Å²) in [4.78, 5) is 12.8. The molecule has 0 aliphatic heterocycles. The number of hydrogen-bond donors (Lipinski definition) is 1. The number of carbonyl (C=O) groups excluding carboxylic acids is 1. The number of methoxy groups -OCH3 is 1. The van der Waals surface area contributed by atoms with Crippen molar-refractivity contribution in [3.63, 3.8) is 0 Å². The summed E-state index contributed by atoms with van der Waals surface area (Å²) in [5, 5.41) is 3.93. The molecule has 0 aliphatic carbocycles. The lowest BCUT2D eigenvalue weighted by atomic mass is 10.1. The van der Waals surface area contributed by atoms with Crippen LogP contribution in [-0.2, 0) is 21.0 Å². The van der Waals surface area contributed by atoms with E-state index in [0.29, 0.717) is 22.7 Å². The lowest BCUT2D eigenvalue weighted by molar-refractivity contribution is -0.137. The molecule has 8 nitrogen and oxygen atoms in total. The second kappa shape index (κ2) is 10.7. The molecule has 1 aromatic heterocycles. The summed E-state index contributed by atoms with van der Waals surface area (Å²) in [6.07, 6.45) is -2.25. The van der Waals surface area contributed by atoms with E-state index >= 15 is 0 Å². The first-order valence-electron chi connectivity index (χ1n) is 11.1. The van der Waals surface area contributed by atoms with Crippen molar-refractivity contribution < 1.29 is 31.1 Å². The molecule has 0 saturated carbocycles. The van der Waals surface area contributed by atoms with Gasteiger partial charge >= 0.3 is 6.18 Å². The van der Waals surface area contributed by atoms with Gasteiger partial charge in [-0.2, -0.15) is 18.3 Å². The van der Waals surface area contributed by atoms with Crippen LogP contribution in [0.1, 0.15) is 29.4 Å². The summed E-state index contributed by atoms with van der Waals surface area (Å²) >= 11 is 0. The molecule has 1 N–H and O–H groups in total. The molecule has 3 rings (SSSR count). The van der Waals surface area contributed by atoms with Crippen LogP contribution in [-0.4, -0.2) is 44.5 Å². The minimum atomic E-state index is -4.53. The minimum absolute atomic E-state index is 0.0226. The van der Waals surface area contributed by atoms with E-state index < -0.39 is 33.7 Å². The Morgan fingerprint density at radius 3 is 2.32 bits per heavy atom. The van der Waals surface area contributed by atoms with Crippen molar-refractivity contribution >= 4 is 27.8 Å². The maximum Gasteiger partial charge on any atom is 0.418 e. The van der Waals surface area contributed by atoms with Gasteiger partial charge in [-0.1, -0.05) is 12.1 Å². The first-order valence-corrected chi connectivity index (χ1v) is 12.9. The van der Waals surface area contributed by atoms with Gasteiger partial charge in [0.15, 0.2) is 0 Å². The van der Waals surface area contributed by atoms with Crippen LogP contribution < -0.4 is 14.5 Å². The van der Waals surface area contributed by atoms with E-state index in [1.807, 2.05) is 0 Å². The van der Waals surface area contributed by atoms with Crippen LogP contribution in [0, 0.1) is 13.8 Å². The highest BCUT2D eigenvalue weighted by molar-refractivity contribution is 7.92. The van der Waals surface area contributed by atoms with Gasteiger partial charge in [0.25, 0.3) is 5.91 Å². The summed E-state index contributed by atoms with van der Waals surface area (Å²) in [5.74, 6) is -0.178. The summed E-state index contributed by atoms with van der Waals surface area (Å²) < 4.78 is 73.0. The first-order chi connectivity index (χ1) is 17.3. The Balaban J connectivity index is 1.84. The molecule has 37 heavy (non-hydrogen) atoms. The van der Waals surface area contributed by atoms with Gasteiger partial charge in [0.1, 0.15) is 11.8 Å². The molecule has 0 saturated heterocycles. The molecule has 2 aromatic carbocycles. The minimum Gasteiger partial charge on any atom is -0.497 e. The number of carbonyl (C=O) groups is 1. The highest BCUT2D eigenvalue weighted by Crippen LogP contribution is 2.35. The van der Waals surface area contributed by atoms with Crippen molar-refractivity contribution in [3.8, 4) is 11.4 Å². The Kier molecular flexibility index (Phi) is 8.01. The van der Waals surface area contributed by atoms with Gasteiger partial charge in [-0.25, -0.2) is 13.8 Å². The van der Waals surface area contributed by atoms with Gasteiger partial charge in [-0.15, -0.1) is 0 Å². The maximum atomic E-state index is 13.5. The zero-order valence-electron chi connectivity index (χ0n) is 20.9. The zero-order valence-corrected chi connectivity index (χ0v) is 21.7. The van der Waals surface area contributed by atoms with Gasteiger partial charge in [0.05, 0.1) is 36.5 Å². The van der Waals surface area contributed by atoms with Crippen LogP contribution in [0.5, 0.6) is 5.75 Å². The number of nitrogens with zero attached hydrogens (tertiary/aromatic N) is 3. The number of benzene rings is 2. The van der Waals surface area contributed by atoms with Crippen molar-refractivity contribution in [1.82, 2.24) is 9.99 Å². The SMILES string of the molecule is COc1ccc(N([C@H](C)C(=O)N/N=C\c2cc(C)n(-c3ccccc3C(F)(F)F)c2C)S(C)(=O)=O)cc1. The topological polar surface area (TPSA) is 93.0 Å². The maximum absolute atomic E-state index is 13.5. The Bertz CT molecular complexity index is 1410. The molecule has 198 valence electrons. The third-order valence-electron chi connectivity index (χ3n) is 5.71. The molecule has 0 bridgehead atoms. The van der Waals surface area contributed by atoms with Crippen molar-refractivity contribution in [2.75, 3.05) is 17.7 Å². The van der Waals surface area contributed by atoms with Crippen LogP contribution >= 0.6 is 0 Å². The molecule has 0 fully saturated rings. The molecule has 1 atom stereocenters. The molecule has 0 unspecified atom stereocenters. The third kappa shape index (κ3) is 6.13. The van der Waals surface area contributed by atoms with E-state index in [0.717, 1.165) is 16.6 Å². The largest absolute Gasteiger partial charge is 0.497 e. The van der Waals surface area contributed by atoms with Crippen LogP contribution in [0.3, 0.4) is 0 Å². The Morgan fingerprint density at radius 2 is 1.76 bits per heavy atom. The standard InChI is InChI=1S/C25H27F3N4O4S/c1-16-14-19(17(2)31(16)23-9-7-6-8-22(23)25(26,27)28)15-29-30-24(33)18(3)32(37(5,34)35)20-10-12-21(36-4)13-11-20/h6-15,18H,1-5H3,(H,30,33)/b29-15-/t18-/m1/s1. The molecule has 0 radical (unpaired) electrons. The second-order valence-electron chi connectivity index (χ2n) is 8.34. The summed E-state index contributed by atoms with van der Waals surface area (Å²) in [5.41, 5.74) is 3.29. The first kappa shape index (κ1) is 27.8. The number of alkyl halides is 3. The number of aryl methyl sites for hydroxylation is 1. The number of anilines is 1. The number of halogens is 3. The molecular weight excluding hydrogens is 509 g/mol. The van der Waals surface area contributed by atoms with Gasteiger partial charge in [-0.3, -0.25) is 9.10 Å². The smallest absolute Gasteiger partial charge is 0.418 e. The number of rotatable bonds is 8. The van der Waals surface area contributed by atoms with Crippen LogP contribution in [0.4, 0.5) is 18.9 Å². The Labute approximate surface area is 213 Å². The number of para-hydroxylation sites is 1. The van der Waals surface area contributed by atoms with E-state index in [1.54, 1.807) is 32.0 Å². The lowest BCUT2D eigenvalue weighted by Crippen LogP contribution is -2.46. The van der Waals surface area contributed by atoms with E-state index in [1.165, 1.54) is 55.1 Å². The number of aromatic nitrogens is 1. The number of hydrazone groups is 1. The normalized spacial score (nSPS) is 13.0. The van der Waals surface area contributed by atoms with Crippen molar-refractivity contribution in [1.29, 1.82) is 0 Å². The summed E-state index contributed by atoms with van der Waals surface area (Å²) in [7, 11) is -2.35. The van der Waals surface area contributed by atoms with Crippen LogP contribution in [0.2, 0.25) is 0 Å². The molecule has 0 spiro atoms. The van der Waals surface area contributed by atoms with Crippen molar-refractivity contribution in [2.24, 2.45) is 5.10 Å². The average Bonchev–Trinajstić information content (AvgIpc) is 3.10. The summed E-state index contributed by atoms with van der Waals surface area (Å²) in [6, 6.07) is 11.9. The number of amides is 1. The fourth-order valence-electron chi connectivity index (χ4n) is 3.99. The molecule has 1 heterocycles. The number of sulfonamides is 1. The third-order valence-corrected chi connectivity index (χ3v) is 6.96. The predicted octanol–water partition coefficient (Wildman–Crippen LogP) is 4.43. The quantitative estimate of drug-likeness (QED) is 0.341. The van der Waals surface area contributed by atoms with E-state index in [2.05, 4.69) is 10.5 Å². The zero-order chi connectivity index (χ0) is 27.5. The molecular formula is C25H27F3N4O4S. The predicted molar refractivity (Wildman–Crippen MR) is 136 cm³/mol. The van der Waals surface area contributed by atoms with Crippen LogP contribution in [0.25, 0.3) is 5.69 Å². The Morgan fingerprint density at radius 1 is 1.14 bits per heavy atom. The highest BCUT2D eigenvalue weighted by atomic mass is 32.2. The second-order valence-corrected chi connectivity index (χ2v) is 10.2. The van der Waals surface area contributed by atoms with Crippen molar-refractivity contribution in [2.45, 2.75) is 33.0 Å². The molecule has 12 heteroatoms. The fraction of sp³-hybridized carbons (Fsp3) is 0.280. The summed E-state index contributed by atoms with van der Waals surface area (Å²) in [6.45, 7) is 4.72. The number of ether oxygens (including phenoxy) is 1. The van der Waals surface area contributed by atoms with E-state index in [-0.39, 0.29) is 11.4 Å². The molecule has 0 aliphatic rings. The van der Waals surface area contributed by atoms with E-state index in [9.17, 15) is 26.4 Å². The monoisotopic (exact) mass is 536 g/mol. The van der Waals surface area contributed by atoms with Gasteiger partial charge in [0, 0.05) is 17.0 Å². The van der Waals surface area contributed by atoms with Gasteiger partial charge in [-0.05, 0) is 63.2 Å². The number of nitrogens with one attached hydrogen (secondary N) is 1. The Hall–Kier alpha value is -3.80. The van der Waals surface area contributed by atoms with E-state index in [4.69, 9.17) is 4.74 Å². The van der Waals surface area contributed by atoms with Crippen LogP contribution in [0.15, 0.2) is 59.7 Å². The average molecular weight is 537 g/mol. The molecule has 3 aromatic rings. The van der Waals surface area contributed by atoms with Crippen molar-refractivity contribution in [3.05, 3.63) is 77.1 Å². The van der Waals surface area contributed by atoms with Gasteiger partial charge < -0.3 is 9.30 Å². The fourth-order valence-corrected chi connectivity index (χ4v) is 5.17. The number of hydrogen-bond acceptors (Lipinski definition) is 5. The van der Waals surface area contributed by atoms with Gasteiger partial charge in [0.2, 0.25) is 10.0 Å². The lowest BCUT2D eigenvalue weighted by Gasteiger charge is -2.27.